The van der Waals surface area contributed by atoms with Gasteiger partial charge in [0.1, 0.15) is 0 Å². The summed E-state index contributed by atoms with van der Waals surface area (Å²) >= 11 is 0. The van der Waals surface area contributed by atoms with Crippen LogP contribution in [0.4, 0.5) is 0 Å². The predicted molar refractivity (Wildman–Crippen MR) is 116 cm³/mol. The van der Waals surface area contributed by atoms with Crippen LogP contribution in [0, 0.1) is 0 Å². The first-order valence-electron chi connectivity index (χ1n) is 9.89. The minimum absolute atomic E-state index is 0.561. The lowest BCUT2D eigenvalue weighted by atomic mass is 10.1. The van der Waals surface area contributed by atoms with E-state index < -0.39 is 0 Å². The molecule has 0 aliphatic heterocycles. The Kier molecular flexibility index (Phi) is 9.08. The van der Waals surface area contributed by atoms with E-state index in [4.69, 9.17) is 19.2 Å². The monoisotopic (exact) mass is 400 g/mol. The first-order valence-corrected chi connectivity index (χ1v) is 9.89. The van der Waals surface area contributed by atoms with Crippen LogP contribution in [0.2, 0.25) is 0 Å². The van der Waals surface area contributed by atoms with Crippen LogP contribution < -0.4 is 19.5 Å². The number of hydrogen-bond acceptors (Lipinski definition) is 5. The first kappa shape index (κ1) is 22.3. The van der Waals surface area contributed by atoms with Crippen LogP contribution in [0.15, 0.2) is 41.5 Å². The number of benzene rings is 1. The lowest BCUT2D eigenvalue weighted by molar-refractivity contribution is 0.326. The van der Waals surface area contributed by atoms with Gasteiger partial charge in [0.25, 0.3) is 0 Å². The van der Waals surface area contributed by atoms with E-state index in [2.05, 4.69) is 28.2 Å². The summed E-state index contributed by atoms with van der Waals surface area (Å²) in [7, 11) is 5.34. The molecule has 0 radical (unpaired) electrons. The molecule has 158 valence electrons. The first-order chi connectivity index (χ1) is 14.1. The molecule has 0 unspecified atom stereocenters. The Balaban J connectivity index is 2.02. The minimum atomic E-state index is 0.561. The lowest BCUT2D eigenvalue weighted by Gasteiger charge is -2.22. The van der Waals surface area contributed by atoms with Crippen molar-refractivity contribution in [3.8, 4) is 17.4 Å². The molecule has 0 aliphatic carbocycles. The van der Waals surface area contributed by atoms with Crippen LogP contribution in [0.5, 0.6) is 17.4 Å². The molecule has 0 atom stereocenters. The molecule has 29 heavy (non-hydrogen) atoms. The molecule has 1 aromatic heterocycles. The van der Waals surface area contributed by atoms with Gasteiger partial charge in [-0.05, 0) is 49.6 Å². The van der Waals surface area contributed by atoms with E-state index in [0.717, 1.165) is 42.5 Å². The second-order valence-corrected chi connectivity index (χ2v) is 6.47. The number of rotatable bonds is 10. The lowest BCUT2D eigenvalue weighted by Crippen LogP contribution is -2.39. The van der Waals surface area contributed by atoms with Crippen LogP contribution in [-0.4, -0.2) is 56.8 Å². The molecule has 7 heteroatoms. The molecule has 2 aromatic rings. The maximum Gasteiger partial charge on any atom is 0.213 e. The number of hydrogen-bond donors (Lipinski definition) is 1. The number of aromatic nitrogens is 1. The predicted octanol–water partition coefficient (Wildman–Crippen LogP) is 3.14. The summed E-state index contributed by atoms with van der Waals surface area (Å²) in [5.74, 6) is 2.98. The van der Waals surface area contributed by atoms with Gasteiger partial charge >= 0.3 is 0 Å². The Morgan fingerprint density at radius 3 is 2.55 bits per heavy atom. The summed E-state index contributed by atoms with van der Waals surface area (Å²) in [4.78, 5) is 11.1. The second kappa shape index (κ2) is 11.8. The van der Waals surface area contributed by atoms with E-state index in [1.54, 1.807) is 20.4 Å². The molecule has 0 amide bonds. The summed E-state index contributed by atoms with van der Waals surface area (Å²) in [6, 6.07) is 9.90. The fraction of sp³-hybridized carbons (Fsp3) is 0.455. The van der Waals surface area contributed by atoms with Gasteiger partial charge in [-0.2, -0.15) is 0 Å². The van der Waals surface area contributed by atoms with Crippen molar-refractivity contribution in [1.82, 2.24) is 15.2 Å². The van der Waals surface area contributed by atoms with E-state index in [0.29, 0.717) is 19.0 Å². The third-order valence-electron chi connectivity index (χ3n) is 4.38. The Morgan fingerprint density at radius 2 is 1.86 bits per heavy atom. The average molecular weight is 401 g/mol. The highest BCUT2D eigenvalue weighted by atomic mass is 16.5. The van der Waals surface area contributed by atoms with Crippen molar-refractivity contribution < 1.29 is 14.2 Å². The molecule has 0 fully saturated rings. The van der Waals surface area contributed by atoms with Gasteiger partial charge in [0.05, 0.1) is 27.4 Å². The van der Waals surface area contributed by atoms with E-state index in [1.165, 1.54) is 5.56 Å². The number of nitrogens with zero attached hydrogens (tertiary/aromatic N) is 3. The number of guanidine groups is 1. The van der Waals surface area contributed by atoms with Gasteiger partial charge in [-0.1, -0.05) is 6.07 Å². The van der Waals surface area contributed by atoms with Crippen molar-refractivity contribution >= 4 is 5.96 Å². The highest BCUT2D eigenvalue weighted by Gasteiger charge is 2.09. The summed E-state index contributed by atoms with van der Waals surface area (Å²) in [6.07, 6.45) is 2.62. The second-order valence-electron chi connectivity index (χ2n) is 6.47. The fourth-order valence-corrected chi connectivity index (χ4v) is 2.85. The van der Waals surface area contributed by atoms with E-state index in [1.807, 2.05) is 38.2 Å². The molecule has 0 bridgehead atoms. The molecule has 0 spiro atoms. The quantitative estimate of drug-likeness (QED) is 0.488. The molecule has 2 rings (SSSR count). The van der Waals surface area contributed by atoms with Crippen molar-refractivity contribution in [3.05, 3.63) is 47.7 Å². The largest absolute Gasteiger partial charge is 0.493 e. The van der Waals surface area contributed by atoms with Crippen LogP contribution in [0.3, 0.4) is 0 Å². The third kappa shape index (κ3) is 6.85. The molecule has 1 N–H and O–H groups in total. The Labute approximate surface area is 173 Å². The fourth-order valence-electron chi connectivity index (χ4n) is 2.85. The van der Waals surface area contributed by atoms with Gasteiger partial charge in [-0.25, -0.2) is 9.98 Å². The minimum Gasteiger partial charge on any atom is -0.493 e. The topological polar surface area (TPSA) is 68.2 Å². The molecule has 0 aliphatic rings. The SMILES string of the molecule is CCNC(=NCc1ccnc(OCC)c1)N(C)CCc1ccc(OC)c(OC)c1. The van der Waals surface area contributed by atoms with Crippen molar-refractivity contribution in [2.45, 2.75) is 26.8 Å². The molecule has 1 heterocycles. The zero-order valence-electron chi connectivity index (χ0n) is 18.1. The van der Waals surface area contributed by atoms with Gasteiger partial charge in [0.2, 0.25) is 5.88 Å². The summed E-state index contributed by atoms with van der Waals surface area (Å²) < 4.78 is 16.2. The van der Waals surface area contributed by atoms with Crippen molar-refractivity contribution in [1.29, 1.82) is 0 Å². The number of aliphatic imine (C=N–C) groups is 1. The summed E-state index contributed by atoms with van der Waals surface area (Å²) in [5, 5.41) is 3.35. The molecular formula is C22H32N4O3. The smallest absolute Gasteiger partial charge is 0.213 e. The highest BCUT2D eigenvalue weighted by molar-refractivity contribution is 5.79. The van der Waals surface area contributed by atoms with E-state index >= 15 is 0 Å². The van der Waals surface area contributed by atoms with Gasteiger partial charge in [-0.15, -0.1) is 0 Å². The van der Waals surface area contributed by atoms with Crippen molar-refractivity contribution in [2.75, 3.05) is 41.0 Å². The molecule has 1 aromatic carbocycles. The van der Waals surface area contributed by atoms with Gasteiger partial charge in [-0.3, -0.25) is 0 Å². The normalized spacial score (nSPS) is 11.1. The van der Waals surface area contributed by atoms with E-state index in [9.17, 15) is 0 Å². The summed E-state index contributed by atoms with van der Waals surface area (Å²) in [5.41, 5.74) is 2.24. The zero-order valence-corrected chi connectivity index (χ0v) is 18.1. The number of likely N-dealkylation sites (N-methyl/N-ethyl adjacent to an activating group) is 1. The van der Waals surface area contributed by atoms with Crippen molar-refractivity contribution in [3.63, 3.8) is 0 Å². The number of ether oxygens (including phenoxy) is 3. The van der Waals surface area contributed by atoms with Crippen LogP contribution in [0.1, 0.15) is 25.0 Å². The van der Waals surface area contributed by atoms with Crippen LogP contribution >= 0.6 is 0 Å². The maximum atomic E-state index is 5.47. The zero-order chi connectivity index (χ0) is 21.1. The third-order valence-corrected chi connectivity index (χ3v) is 4.38. The Bertz CT molecular complexity index is 795. The van der Waals surface area contributed by atoms with Crippen LogP contribution in [0.25, 0.3) is 0 Å². The van der Waals surface area contributed by atoms with Crippen LogP contribution in [-0.2, 0) is 13.0 Å². The highest BCUT2D eigenvalue weighted by Crippen LogP contribution is 2.27. The van der Waals surface area contributed by atoms with E-state index in [-0.39, 0.29) is 0 Å². The number of methoxy groups -OCH3 is 2. The molecule has 7 nitrogen and oxygen atoms in total. The van der Waals surface area contributed by atoms with Gasteiger partial charge in [0.15, 0.2) is 17.5 Å². The average Bonchev–Trinajstić information content (AvgIpc) is 2.75. The van der Waals surface area contributed by atoms with Crippen molar-refractivity contribution in [2.24, 2.45) is 4.99 Å². The molecule has 0 saturated heterocycles. The Hall–Kier alpha value is -2.96. The molecular weight excluding hydrogens is 368 g/mol. The summed E-state index contributed by atoms with van der Waals surface area (Å²) in [6.45, 7) is 6.80. The van der Waals surface area contributed by atoms with Gasteiger partial charge < -0.3 is 24.4 Å². The number of nitrogens with one attached hydrogen (secondary N) is 1. The maximum absolute atomic E-state index is 5.47. The van der Waals surface area contributed by atoms with Gasteiger partial charge in [0, 0.05) is 32.4 Å². The number of pyridine rings is 1. The standard InChI is InChI=1S/C22H32N4O3/c1-6-23-22(25-16-18-10-12-24-21(15-18)29-7-2)26(3)13-11-17-8-9-19(27-4)20(14-17)28-5/h8-10,12,14-15H,6-7,11,13,16H2,1-5H3,(H,23,25). The Morgan fingerprint density at radius 1 is 1.07 bits per heavy atom. The molecule has 0 saturated carbocycles.